The minimum absolute atomic E-state index is 0.0676. The second kappa shape index (κ2) is 6.10. The number of anilines is 1. The number of benzene rings is 2. The van der Waals surface area contributed by atoms with E-state index in [4.69, 9.17) is 0 Å². The molecule has 0 amide bonds. The minimum atomic E-state index is -0.430. The number of rotatable bonds is 4. The lowest BCUT2D eigenvalue weighted by molar-refractivity contribution is -0.384. The van der Waals surface area contributed by atoms with Gasteiger partial charge in [-0.2, -0.15) is 5.10 Å². The molecule has 0 aliphatic heterocycles. The van der Waals surface area contributed by atoms with Crippen LogP contribution in [0.5, 0.6) is 0 Å². The molecule has 2 rings (SSSR count). The van der Waals surface area contributed by atoms with Gasteiger partial charge in [-0.1, -0.05) is 15.9 Å². The highest BCUT2D eigenvalue weighted by molar-refractivity contribution is 9.10. The molecule has 2 aromatic rings. The van der Waals surface area contributed by atoms with Crippen LogP contribution in [-0.4, -0.2) is 11.1 Å². The maximum absolute atomic E-state index is 10.5. The molecule has 2 aromatic carbocycles. The number of nitrogens with zero attached hydrogens (tertiary/aromatic N) is 2. The van der Waals surface area contributed by atoms with Crippen molar-refractivity contribution in [3.8, 4) is 0 Å². The highest BCUT2D eigenvalue weighted by Gasteiger charge is 2.02. The first-order valence-corrected chi connectivity index (χ1v) is 6.23. The van der Waals surface area contributed by atoms with Crippen molar-refractivity contribution < 1.29 is 4.92 Å². The third-order valence-corrected chi connectivity index (χ3v) is 2.88. The Morgan fingerprint density at radius 1 is 1.11 bits per heavy atom. The molecule has 0 saturated heterocycles. The van der Waals surface area contributed by atoms with E-state index in [1.807, 2.05) is 24.3 Å². The van der Waals surface area contributed by atoms with Gasteiger partial charge >= 0.3 is 0 Å². The SMILES string of the molecule is O=[N+]([O-])c1ccc(C=NNc2ccc(Br)cc2)cc1. The summed E-state index contributed by atoms with van der Waals surface area (Å²) in [6.45, 7) is 0. The van der Waals surface area contributed by atoms with E-state index < -0.39 is 4.92 Å². The molecular formula is C13H10BrN3O2. The molecule has 0 aliphatic rings. The normalized spacial score (nSPS) is 10.6. The van der Waals surface area contributed by atoms with Crippen molar-refractivity contribution in [2.75, 3.05) is 5.43 Å². The Balaban J connectivity index is 1.98. The molecule has 6 heteroatoms. The fourth-order valence-electron chi connectivity index (χ4n) is 1.39. The van der Waals surface area contributed by atoms with Crippen LogP contribution in [0.2, 0.25) is 0 Å². The Morgan fingerprint density at radius 2 is 1.74 bits per heavy atom. The van der Waals surface area contributed by atoms with Crippen LogP contribution in [0.25, 0.3) is 0 Å². The maximum atomic E-state index is 10.5. The summed E-state index contributed by atoms with van der Waals surface area (Å²) in [5.74, 6) is 0. The highest BCUT2D eigenvalue weighted by Crippen LogP contribution is 2.14. The fraction of sp³-hybridized carbons (Fsp3) is 0. The molecule has 0 radical (unpaired) electrons. The van der Waals surface area contributed by atoms with E-state index in [1.54, 1.807) is 18.3 Å². The molecule has 0 bridgehead atoms. The second-order valence-electron chi connectivity index (χ2n) is 3.73. The quantitative estimate of drug-likeness (QED) is 0.529. The molecule has 0 aromatic heterocycles. The summed E-state index contributed by atoms with van der Waals surface area (Å²) in [5.41, 5.74) is 4.59. The lowest BCUT2D eigenvalue weighted by Crippen LogP contribution is -1.91. The van der Waals surface area contributed by atoms with Gasteiger partial charge in [0.1, 0.15) is 0 Å². The first-order valence-electron chi connectivity index (χ1n) is 5.44. The molecule has 0 atom stereocenters. The van der Waals surface area contributed by atoms with Gasteiger partial charge in [-0.05, 0) is 42.0 Å². The third kappa shape index (κ3) is 3.89. The van der Waals surface area contributed by atoms with Crippen LogP contribution in [0.1, 0.15) is 5.56 Å². The summed E-state index contributed by atoms with van der Waals surface area (Å²) < 4.78 is 0.998. The van der Waals surface area contributed by atoms with Crippen molar-refractivity contribution in [3.05, 3.63) is 68.7 Å². The lowest BCUT2D eigenvalue weighted by atomic mass is 10.2. The van der Waals surface area contributed by atoms with Crippen LogP contribution >= 0.6 is 15.9 Å². The van der Waals surface area contributed by atoms with Crippen molar-refractivity contribution in [3.63, 3.8) is 0 Å². The third-order valence-electron chi connectivity index (χ3n) is 2.36. The Labute approximate surface area is 118 Å². The van der Waals surface area contributed by atoms with Crippen molar-refractivity contribution in [1.29, 1.82) is 0 Å². The van der Waals surface area contributed by atoms with E-state index in [0.717, 1.165) is 15.7 Å². The number of nitro benzene ring substituents is 1. The molecule has 0 aliphatic carbocycles. The summed E-state index contributed by atoms with van der Waals surface area (Å²) in [5, 5.41) is 14.6. The van der Waals surface area contributed by atoms with Gasteiger partial charge in [-0.3, -0.25) is 15.5 Å². The molecule has 0 heterocycles. The maximum Gasteiger partial charge on any atom is 0.269 e. The first-order chi connectivity index (χ1) is 9.15. The number of hydrazone groups is 1. The highest BCUT2D eigenvalue weighted by atomic mass is 79.9. The van der Waals surface area contributed by atoms with Crippen molar-refractivity contribution in [2.24, 2.45) is 5.10 Å². The Hall–Kier alpha value is -2.21. The minimum Gasteiger partial charge on any atom is -0.279 e. The van der Waals surface area contributed by atoms with Crippen molar-refractivity contribution in [1.82, 2.24) is 0 Å². The zero-order valence-electron chi connectivity index (χ0n) is 9.79. The predicted octanol–water partition coefficient (Wildman–Crippen LogP) is 3.80. The molecular weight excluding hydrogens is 310 g/mol. The Bertz CT molecular complexity index is 594. The predicted molar refractivity (Wildman–Crippen MR) is 78.5 cm³/mol. The smallest absolute Gasteiger partial charge is 0.269 e. The number of hydrogen-bond donors (Lipinski definition) is 1. The molecule has 0 spiro atoms. The second-order valence-corrected chi connectivity index (χ2v) is 4.64. The zero-order valence-corrected chi connectivity index (χ0v) is 11.4. The van der Waals surface area contributed by atoms with Gasteiger partial charge in [0.05, 0.1) is 16.8 Å². The van der Waals surface area contributed by atoms with E-state index in [0.29, 0.717) is 0 Å². The summed E-state index contributed by atoms with van der Waals surface area (Å²) in [6.07, 6.45) is 1.60. The molecule has 5 nitrogen and oxygen atoms in total. The first kappa shape index (κ1) is 13.2. The van der Waals surface area contributed by atoms with Gasteiger partial charge in [0.15, 0.2) is 0 Å². The Morgan fingerprint density at radius 3 is 2.32 bits per heavy atom. The number of hydrogen-bond acceptors (Lipinski definition) is 4. The standard InChI is InChI=1S/C13H10BrN3O2/c14-11-3-5-12(6-4-11)16-15-9-10-1-7-13(8-2-10)17(18)19/h1-9,16H. The van der Waals surface area contributed by atoms with E-state index >= 15 is 0 Å². The van der Waals surface area contributed by atoms with Gasteiger partial charge in [-0.25, -0.2) is 0 Å². The van der Waals surface area contributed by atoms with Crippen LogP contribution in [0, 0.1) is 10.1 Å². The van der Waals surface area contributed by atoms with Gasteiger partial charge in [0, 0.05) is 16.6 Å². The van der Waals surface area contributed by atoms with E-state index in [-0.39, 0.29) is 5.69 Å². The largest absolute Gasteiger partial charge is 0.279 e. The average molecular weight is 320 g/mol. The summed E-state index contributed by atoms with van der Waals surface area (Å²) in [7, 11) is 0. The van der Waals surface area contributed by atoms with Gasteiger partial charge in [0.25, 0.3) is 5.69 Å². The van der Waals surface area contributed by atoms with Gasteiger partial charge in [0.2, 0.25) is 0 Å². The summed E-state index contributed by atoms with van der Waals surface area (Å²) in [6, 6.07) is 13.8. The van der Waals surface area contributed by atoms with Crippen LogP contribution < -0.4 is 5.43 Å². The number of nitro groups is 1. The molecule has 0 unspecified atom stereocenters. The lowest BCUT2D eigenvalue weighted by Gasteiger charge is -1.99. The zero-order chi connectivity index (χ0) is 13.7. The molecule has 0 saturated carbocycles. The Kier molecular flexibility index (Phi) is 4.25. The van der Waals surface area contributed by atoms with Crippen LogP contribution in [0.4, 0.5) is 11.4 Å². The summed E-state index contributed by atoms with van der Waals surface area (Å²) in [4.78, 5) is 10.1. The fourth-order valence-corrected chi connectivity index (χ4v) is 1.65. The monoisotopic (exact) mass is 319 g/mol. The van der Waals surface area contributed by atoms with E-state index in [9.17, 15) is 10.1 Å². The van der Waals surface area contributed by atoms with Crippen molar-refractivity contribution >= 4 is 33.5 Å². The number of non-ortho nitro benzene ring substituents is 1. The van der Waals surface area contributed by atoms with Gasteiger partial charge in [-0.15, -0.1) is 0 Å². The van der Waals surface area contributed by atoms with Crippen LogP contribution in [0.3, 0.4) is 0 Å². The molecule has 0 fully saturated rings. The number of nitrogens with one attached hydrogen (secondary N) is 1. The molecule has 1 N–H and O–H groups in total. The molecule has 96 valence electrons. The van der Waals surface area contributed by atoms with E-state index in [2.05, 4.69) is 26.5 Å². The molecule has 19 heavy (non-hydrogen) atoms. The van der Waals surface area contributed by atoms with Crippen LogP contribution in [-0.2, 0) is 0 Å². The van der Waals surface area contributed by atoms with E-state index in [1.165, 1.54) is 12.1 Å². The average Bonchev–Trinajstić information content (AvgIpc) is 2.41. The topological polar surface area (TPSA) is 67.5 Å². The summed E-state index contributed by atoms with van der Waals surface area (Å²) >= 11 is 3.35. The number of halogens is 1. The van der Waals surface area contributed by atoms with Gasteiger partial charge < -0.3 is 0 Å². The van der Waals surface area contributed by atoms with Crippen LogP contribution in [0.15, 0.2) is 58.1 Å². The van der Waals surface area contributed by atoms with Crippen molar-refractivity contribution in [2.45, 2.75) is 0 Å².